The minimum atomic E-state index is -0.525. The third kappa shape index (κ3) is 4.00. The Morgan fingerprint density at radius 1 is 0.923 bits per heavy atom. The van der Waals surface area contributed by atoms with Gasteiger partial charge < -0.3 is 15.0 Å². The molecule has 5 heteroatoms. The number of esters is 1. The highest BCUT2D eigenvalue weighted by Gasteiger charge is 2.11. The summed E-state index contributed by atoms with van der Waals surface area (Å²) in [6, 6.07) is 20.4. The molecule has 0 unspecified atom stereocenters. The second kappa shape index (κ2) is 7.70. The van der Waals surface area contributed by atoms with Crippen LogP contribution in [0.3, 0.4) is 0 Å². The van der Waals surface area contributed by atoms with Crippen LogP contribution in [0.25, 0.3) is 10.8 Å². The van der Waals surface area contributed by atoms with Crippen LogP contribution in [-0.4, -0.2) is 32.6 Å². The van der Waals surface area contributed by atoms with Gasteiger partial charge in [0, 0.05) is 30.9 Å². The number of benzene rings is 3. The van der Waals surface area contributed by atoms with Crippen molar-refractivity contribution >= 4 is 34.0 Å². The van der Waals surface area contributed by atoms with E-state index in [0.29, 0.717) is 11.3 Å². The molecular formula is C21H20N2O3. The molecule has 3 aromatic rings. The van der Waals surface area contributed by atoms with Gasteiger partial charge in [-0.1, -0.05) is 36.4 Å². The van der Waals surface area contributed by atoms with Crippen LogP contribution in [0.5, 0.6) is 0 Å². The Kier molecular flexibility index (Phi) is 5.17. The molecule has 0 saturated heterocycles. The summed E-state index contributed by atoms with van der Waals surface area (Å²) in [7, 11) is 3.84. The van der Waals surface area contributed by atoms with Crippen molar-refractivity contribution in [2.45, 2.75) is 0 Å². The number of ether oxygens (including phenoxy) is 1. The molecule has 1 amide bonds. The average Bonchev–Trinajstić information content (AvgIpc) is 2.66. The molecule has 0 radical (unpaired) electrons. The number of rotatable bonds is 5. The lowest BCUT2D eigenvalue weighted by molar-refractivity contribution is -0.119. The van der Waals surface area contributed by atoms with Crippen LogP contribution in [0.15, 0.2) is 66.7 Å². The topological polar surface area (TPSA) is 58.6 Å². The number of anilines is 2. The molecule has 132 valence electrons. The maximum atomic E-state index is 12.1. The second-order valence-electron chi connectivity index (χ2n) is 6.09. The molecule has 0 bridgehead atoms. The van der Waals surface area contributed by atoms with Crippen molar-refractivity contribution < 1.29 is 14.3 Å². The first-order valence-electron chi connectivity index (χ1n) is 8.27. The summed E-state index contributed by atoms with van der Waals surface area (Å²) in [6.45, 7) is -0.336. The lowest BCUT2D eigenvalue weighted by Gasteiger charge is -2.12. The summed E-state index contributed by atoms with van der Waals surface area (Å²) < 4.78 is 5.11. The number of hydrogen-bond donors (Lipinski definition) is 1. The van der Waals surface area contributed by atoms with E-state index in [0.717, 1.165) is 16.5 Å². The summed E-state index contributed by atoms with van der Waals surface area (Å²) >= 11 is 0. The predicted molar refractivity (Wildman–Crippen MR) is 104 cm³/mol. The van der Waals surface area contributed by atoms with E-state index < -0.39 is 5.97 Å². The number of nitrogens with one attached hydrogen (secondary N) is 1. The van der Waals surface area contributed by atoms with Gasteiger partial charge in [-0.05, 0) is 35.7 Å². The van der Waals surface area contributed by atoms with Crippen LogP contribution in [0.1, 0.15) is 10.4 Å². The van der Waals surface area contributed by atoms with Gasteiger partial charge in [0.1, 0.15) is 0 Å². The summed E-state index contributed by atoms with van der Waals surface area (Å²) in [4.78, 5) is 26.2. The van der Waals surface area contributed by atoms with Crippen molar-refractivity contribution in [3.63, 3.8) is 0 Å². The molecule has 3 aromatic carbocycles. The molecule has 0 atom stereocenters. The second-order valence-corrected chi connectivity index (χ2v) is 6.09. The van der Waals surface area contributed by atoms with Gasteiger partial charge in [-0.3, -0.25) is 4.79 Å². The van der Waals surface area contributed by atoms with Gasteiger partial charge in [-0.2, -0.15) is 0 Å². The predicted octanol–water partition coefficient (Wildman–Crippen LogP) is 3.70. The van der Waals surface area contributed by atoms with Gasteiger partial charge in [0.2, 0.25) is 0 Å². The largest absolute Gasteiger partial charge is 0.452 e. The quantitative estimate of drug-likeness (QED) is 0.714. The first kappa shape index (κ1) is 17.5. The molecule has 0 aromatic heterocycles. The number of fused-ring (bicyclic) bond motifs is 1. The van der Waals surface area contributed by atoms with Crippen molar-refractivity contribution in [2.75, 3.05) is 30.9 Å². The molecule has 0 heterocycles. The van der Waals surface area contributed by atoms with Gasteiger partial charge in [-0.15, -0.1) is 0 Å². The highest BCUT2D eigenvalue weighted by molar-refractivity contribution is 6.03. The van der Waals surface area contributed by atoms with E-state index in [9.17, 15) is 9.59 Å². The molecule has 1 N–H and O–H groups in total. The molecule has 0 aliphatic carbocycles. The fraction of sp³-hybridized carbons (Fsp3) is 0.143. The highest BCUT2D eigenvalue weighted by Crippen LogP contribution is 2.22. The van der Waals surface area contributed by atoms with E-state index in [2.05, 4.69) is 5.32 Å². The van der Waals surface area contributed by atoms with E-state index in [1.165, 1.54) is 0 Å². The van der Waals surface area contributed by atoms with Gasteiger partial charge in [0.25, 0.3) is 5.91 Å². The van der Waals surface area contributed by atoms with Gasteiger partial charge >= 0.3 is 5.97 Å². The average molecular weight is 348 g/mol. The normalized spacial score (nSPS) is 10.4. The summed E-state index contributed by atoms with van der Waals surface area (Å²) in [5.41, 5.74) is 2.09. The number of hydrogen-bond acceptors (Lipinski definition) is 4. The Hall–Kier alpha value is -3.34. The minimum absolute atomic E-state index is 0.336. The SMILES string of the molecule is CN(C)c1ccc(C(=O)OCC(=O)Nc2cccc3ccccc23)cc1. The summed E-state index contributed by atoms with van der Waals surface area (Å²) in [5.74, 6) is -0.900. The van der Waals surface area contributed by atoms with Crippen LogP contribution in [-0.2, 0) is 9.53 Å². The van der Waals surface area contributed by atoms with Crippen LogP contribution in [0.4, 0.5) is 11.4 Å². The molecular weight excluding hydrogens is 328 g/mol. The first-order chi connectivity index (χ1) is 12.5. The maximum Gasteiger partial charge on any atom is 0.338 e. The van der Waals surface area contributed by atoms with Crippen molar-refractivity contribution in [3.05, 3.63) is 72.3 Å². The van der Waals surface area contributed by atoms with E-state index in [1.54, 1.807) is 12.1 Å². The number of carbonyl (C=O) groups is 2. The Morgan fingerprint density at radius 3 is 2.35 bits per heavy atom. The van der Waals surface area contributed by atoms with Crippen molar-refractivity contribution in [3.8, 4) is 0 Å². The minimum Gasteiger partial charge on any atom is -0.452 e. The molecule has 26 heavy (non-hydrogen) atoms. The van der Waals surface area contributed by atoms with E-state index in [4.69, 9.17) is 4.74 Å². The summed E-state index contributed by atoms with van der Waals surface area (Å²) in [5, 5.41) is 4.76. The molecule has 5 nitrogen and oxygen atoms in total. The first-order valence-corrected chi connectivity index (χ1v) is 8.27. The highest BCUT2D eigenvalue weighted by atomic mass is 16.5. The zero-order valence-corrected chi connectivity index (χ0v) is 14.7. The molecule has 0 aliphatic rings. The van der Waals surface area contributed by atoms with Gasteiger partial charge in [-0.25, -0.2) is 4.79 Å². The Bertz CT molecular complexity index is 928. The zero-order chi connectivity index (χ0) is 18.5. The lowest BCUT2D eigenvalue weighted by Crippen LogP contribution is -2.21. The zero-order valence-electron chi connectivity index (χ0n) is 14.7. The molecule has 0 spiro atoms. The molecule has 0 fully saturated rings. The van der Waals surface area contributed by atoms with Gasteiger partial charge in [0.15, 0.2) is 6.61 Å². The Balaban J connectivity index is 1.60. The fourth-order valence-electron chi connectivity index (χ4n) is 2.63. The van der Waals surface area contributed by atoms with Crippen molar-refractivity contribution in [2.24, 2.45) is 0 Å². The number of carbonyl (C=O) groups excluding carboxylic acids is 2. The molecule has 0 saturated carbocycles. The number of nitrogens with zero attached hydrogens (tertiary/aromatic N) is 1. The molecule has 0 aliphatic heterocycles. The third-order valence-electron chi connectivity index (χ3n) is 4.02. The van der Waals surface area contributed by atoms with Crippen LogP contribution in [0.2, 0.25) is 0 Å². The third-order valence-corrected chi connectivity index (χ3v) is 4.02. The smallest absolute Gasteiger partial charge is 0.338 e. The molecule has 3 rings (SSSR count). The van der Waals surface area contributed by atoms with Crippen molar-refractivity contribution in [1.82, 2.24) is 0 Å². The maximum absolute atomic E-state index is 12.1. The van der Waals surface area contributed by atoms with E-state index in [-0.39, 0.29) is 12.5 Å². The van der Waals surface area contributed by atoms with Crippen LogP contribution < -0.4 is 10.2 Å². The fourth-order valence-corrected chi connectivity index (χ4v) is 2.63. The Morgan fingerprint density at radius 2 is 1.62 bits per heavy atom. The monoisotopic (exact) mass is 348 g/mol. The Labute approximate surface area is 152 Å². The van der Waals surface area contributed by atoms with Crippen LogP contribution >= 0.6 is 0 Å². The van der Waals surface area contributed by atoms with Crippen LogP contribution in [0, 0.1) is 0 Å². The van der Waals surface area contributed by atoms with E-state index in [1.807, 2.05) is 73.6 Å². The summed E-state index contributed by atoms with van der Waals surface area (Å²) in [6.07, 6.45) is 0. The lowest BCUT2D eigenvalue weighted by atomic mass is 10.1. The number of amides is 1. The van der Waals surface area contributed by atoms with Crippen molar-refractivity contribution in [1.29, 1.82) is 0 Å². The standard InChI is InChI=1S/C21H20N2O3/c1-23(2)17-12-10-16(11-13-17)21(25)26-14-20(24)22-19-9-5-7-15-6-3-4-8-18(15)19/h3-13H,14H2,1-2H3,(H,22,24). The van der Waals surface area contributed by atoms with Gasteiger partial charge in [0.05, 0.1) is 5.56 Å². The van der Waals surface area contributed by atoms with E-state index >= 15 is 0 Å².